The van der Waals surface area contributed by atoms with Crippen LogP contribution in [0.1, 0.15) is 16.8 Å². The number of aromatic nitrogens is 1. The van der Waals surface area contributed by atoms with Gasteiger partial charge in [-0.1, -0.05) is 42.0 Å². The summed E-state index contributed by atoms with van der Waals surface area (Å²) in [6, 6.07) is 20.6. The van der Waals surface area contributed by atoms with Crippen LogP contribution in [0.3, 0.4) is 0 Å². The topological polar surface area (TPSA) is 41.4 Å². The maximum absolute atomic E-state index is 5.34. The van der Waals surface area contributed by atoms with Gasteiger partial charge in [0.25, 0.3) is 0 Å². The fraction of sp³-hybridized carbons (Fsp3) is 0.143. The largest absolute Gasteiger partial charge is 0.342 e. The Bertz CT molecular complexity index is 947. The quantitative estimate of drug-likeness (QED) is 0.270. The monoisotopic (exact) mass is 394 g/mol. The molecular formula is C21H22N4S2. The first-order valence-corrected chi connectivity index (χ1v) is 10.2. The highest BCUT2D eigenvalue weighted by Gasteiger charge is 2.03. The molecule has 0 saturated carbocycles. The summed E-state index contributed by atoms with van der Waals surface area (Å²) in [5, 5.41) is 7.92. The van der Waals surface area contributed by atoms with Gasteiger partial charge in [-0.15, -0.1) is 11.8 Å². The maximum Gasteiger partial charge on any atom is 0.191 e. The highest BCUT2D eigenvalue weighted by Crippen LogP contribution is 2.24. The van der Waals surface area contributed by atoms with Gasteiger partial charge in [0, 0.05) is 17.6 Å². The predicted molar refractivity (Wildman–Crippen MR) is 120 cm³/mol. The zero-order valence-corrected chi connectivity index (χ0v) is 17.0. The van der Waals surface area contributed by atoms with E-state index in [2.05, 4.69) is 63.9 Å². The van der Waals surface area contributed by atoms with Crippen molar-refractivity contribution in [1.82, 2.24) is 9.99 Å². The first kappa shape index (κ1) is 19.2. The molecule has 27 heavy (non-hydrogen) atoms. The minimum Gasteiger partial charge on any atom is -0.342 e. The lowest BCUT2D eigenvalue weighted by molar-refractivity contribution is 0.798. The third kappa shape index (κ3) is 5.45. The molecule has 0 atom stereocenters. The smallest absolute Gasteiger partial charge is 0.191 e. The number of anilines is 1. The Morgan fingerprint density at radius 1 is 1.15 bits per heavy atom. The molecule has 0 saturated heterocycles. The molecule has 0 unspecified atom stereocenters. The molecule has 138 valence electrons. The van der Waals surface area contributed by atoms with E-state index in [9.17, 15) is 0 Å². The molecule has 0 aliphatic carbocycles. The number of hydrazone groups is 1. The van der Waals surface area contributed by atoms with Crippen LogP contribution in [-0.4, -0.2) is 22.1 Å². The molecule has 0 spiro atoms. The molecule has 4 nitrogen and oxygen atoms in total. The average Bonchev–Trinajstić information content (AvgIpc) is 3.09. The summed E-state index contributed by atoms with van der Waals surface area (Å²) in [7, 11) is 0. The Labute approximate surface area is 169 Å². The van der Waals surface area contributed by atoms with Crippen molar-refractivity contribution in [2.75, 3.05) is 11.6 Å². The van der Waals surface area contributed by atoms with E-state index in [4.69, 9.17) is 12.2 Å². The molecule has 6 heteroatoms. The van der Waals surface area contributed by atoms with Crippen LogP contribution in [0, 0.1) is 6.92 Å². The molecule has 3 aromatic rings. The molecule has 0 fully saturated rings. The minimum absolute atomic E-state index is 0.463. The first-order chi connectivity index (χ1) is 13.2. The van der Waals surface area contributed by atoms with Gasteiger partial charge in [-0.3, -0.25) is 5.43 Å². The number of thiocarbonyl (C=S) groups is 1. The van der Waals surface area contributed by atoms with Gasteiger partial charge in [-0.25, -0.2) is 0 Å². The van der Waals surface area contributed by atoms with Crippen molar-refractivity contribution in [1.29, 1.82) is 0 Å². The minimum atomic E-state index is 0.463. The summed E-state index contributed by atoms with van der Waals surface area (Å²) in [4.78, 5) is 1.14. The fourth-order valence-corrected chi connectivity index (χ4v) is 3.47. The Morgan fingerprint density at radius 3 is 2.81 bits per heavy atom. The number of hydrogen-bond acceptors (Lipinski definition) is 3. The van der Waals surface area contributed by atoms with Gasteiger partial charge in [0.2, 0.25) is 0 Å². The lowest BCUT2D eigenvalue weighted by atomic mass is 10.1. The Balaban J connectivity index is 1.60. The molecule has 3 rings (SSSR count). The number of hydrogen-bond donors (Lipinski definition) is 2. The van der Waals surface area contributed by atoms with Crippen molar-refractivity contribution >= 4 is 41.0 Å². The summed E-state index contributed by atoms with van der Waals surface area (Å²) in [6.45, 7) is 2.91. The SMILES string of the molecule is CSc1ccccc1NC(=S)NN=Cc1cccn1Cc1cccc(C)c1. The van der Waals surface area contributed by atoms with Gasteiger partial charge < -0.3 is 9.88 Å². The van der Waals surface area contributed by atoms with Crippen LogP contribution in [0.15, 0.2) is 76.9 Å². The van der Waals surface area contributed by atoms with E-state index < -0.39 is 0 Å². The summed E-state index contributed by atoms with van der Waals surface area (Å²) in [6.07, 6.45) is 5.87. The average molecular weight is 395 g/mol. The van der Waals surface area contributed by atoms with Crippen LogP contribution in [0.2, 0.25) is 0 Å². The van der Waals surface area contributed by atoms with E-state index in [1.807, 2.05) is 36.6 Å². The zero-order chi connectivity index (χ0) is 19.1. The maximum atomic E-state index is 5.34. The summed E-state index contributed by atoms with van der Waals surface area (Å²) in [5.74, 6) is 0. The fourth-order valence-electron chi connectivity index (χ4n) is 2.75. The van der Waals surface area contributed by atoms with Crippen molar-refractivity contribution in [3.8, 4) is 0 Å². The molecule has 1 heterocycles. The van der Waals surface area contributed by atoms with Crippen molar-refractivity contribution in [3.63, 3.8) is 0 Å². The van der Waals surface area contributed by atoms with Crippen LogP contribution in [0.5, 0.6) is 0 Å². The Morgan fingerprint density at radius 2 is 2.00 bits per heavy atom. The molecule has 0 bridgehead atoms. The molecule has 0 aliphatic rings. The predicted octanol–water partition coefficient (Wildman–Crippen LogP) is 4.89. The third-order valence-corrected chi connectivity index (χ3v) is 5.01. The standard InChI is InChI=1S/C21H22N4S2/c1-16-7-5-8-17(13-16)15-25-12-6-9-18(25)14-22-24-21(26)23-19-10-3-4-11-20(19)27-2/h3-14H,15H2,1-2H3,(H2,23,24,26). The summed E-state index contributed by atoms with van der Waals surface area (Å²) in [5.41, 5.74) is 7.40. The van der Waals surface area contributed by atoms with Gasteiger partial charge >= 0.3 is 0 Å². The van der Waals surface area contributed by atoms with Gasteiger partial charge in [0.15, 0.2) is 5.11 Å². The van der Waals surface area contributed by atoms with Gasteiger partial charge in [0.05, 0.1) is 17.6 Å². The van der Waals surface area contributed by atoms with E-state index in [1.54, 1.807) is 18.0 Å². The van der Waals surface area contributed by atoms with Crippen LogP contribution in [0.4, 0.5) is 5.69 Å². The Hall–Kier alpha value is -2.57. The van der Waals surface area contributed by atoms with Gasteiger partial charge in [0.1, 0.15) is 0 Å². The molecule has 2 aromatic carbocycles. The van der Waals surface area contributed by atoms with E-state index in [-0.39, 0.29) is 0 Å². The van der Waals surface area contributed by atoms with Crippen LogP contribution >= 0.6 is 24.0 Å². The van der Waals surface area contributed by atoms with E-state index >= 15 is 0 Å². The lowest BCUT2D eigenvalue weighted by Gasteiger charge is -2.10. The molecular weight excluding hydrogens is 372 g/mol. The number of rotatable bonds is 6. The second kappa shape index (κ2) is 9.39. The second-order valence-electron chi connectivity index (χ2n) is 6.07. The lowest BCUT2D eigenvalue weighted by Crippen LogP contribution is -2.24. The third-order valence-electron chi connectivity index (χ3n) is 4.02. The van der Waals surface area contributed by atoms with Crippen molar-refractivity contribution < 1.29 is 0 Å². The highest BCUT2D eigenvalue weighted by molar-refractivity contribution is 7.98. The second-order valence-corrected chi connectivity index (χ2v) is 7.33. The van der Waals surface area contributed by atoms with Crippen LogP contribution < -0.4 is 10.7 Å². The number of nitrogens with zero attached hydrogens (tertiary/aromatic N) is 2. The number of aryl methyl sites for hydroxylation is 1. The number of thioether (sulfide) groups is 1. The van der Waals surface area contributed by atoms with Gasteiger partial charge in [-0.2, -0.15) is 5.10 Å². The molecule has 1 aromatic heterocycles. The zero-order valence-electron chi connectivity index (χ0n) is 15.3. The highest BCUT2D eigenvalue weighted by atomic mass is 32.2. The van der Waals surface area contributed by atoms with Crippen molar-refractivity contribution in [3.05, 3.63) is 83.7 Å². The normalized spacial score (nSPS) is 10.9. The number of para-hydroxylation sites is 1. The Kier molecular flexibility index (Phi) is 6.68. The number of nitrogens with one attached hydrogen (secondary N) is 2. The van der Waals surface area contributed by atoms with Crippen molar-refractivity contribution in [2.45, 2.75) is 18.4 Å². The molecule has 0 amide bonds. The van der Waals surface area contributed by atoms with Crippen LogP contribution in [0.25, 0.3) is 0 Å². The molecule has 2 N–H and O–H groups in total. The summed E-state index contributed by atoms with van der Waals surface area (Å²) < 4.78 is 2.15. The molecule has 0 radical (unpaired) electrons. The van der Waals surface area contributed by atoms with Gasteiger partial charge in [-0.05, 0) is 55.2 Å². The first-order valence-electron chi connectivity index (χ1n) is 8.59. The van der Waals surface area contributed by atoms with E-state index in [0.717, 1.165) is 22.8 Å². The number of benzene rings is 2. The van der Waals surface area contributed by atoms with Crippen LogP contribution in [-0.2, 0) is 6.54 Å². The molecule has 0 aliphatic heterocycles. The summed E-state index contributed by atoms with van der Waals surface area (Å²) >= 11 is 7.01. The van der Waals surface area contributed by atoms with Crippen molar-refractivity contribution in [2.24, 2.45) is 5.10 Å². The van der Waals surface area contributed by atoms with E-state index in [1.165, 1.54) is 11.1 Å². The van der Waals surface area contributed by atoms with E-state index in [0.29, 0.717) is 5.11 Å².